The highest BCUT2D eigenvalue weighted by atomic mass is 35.5. The van der Waals surface area contributed by atoms with E-state index in [2.05, 4.69) is 28.9 Å². The van der Waals surface area contributed by atoms with Gasteiger partial charge in [-0.2, -0.15) is 5.10 Å². The molecule has 0 spiro atoms. The second kappa shape index (κ2) is 6.76. The van der Waals surface area contributed by atoms with Gasteiger partial charge in [-0.05, 0) is 46.2 Å². The lowest BCUT2D eigenvalue weighted by Gasteiger charge is -2.27. The van der Waals surface area contributed by atoms with Gasteiger partial charge in [0.25, 0.3) is 0 Å². The van der Waals surface area contributed by atoms with Crippen LogP contribution < -0.4 is 5.32 Å². The van der Waals surface area contributed by atoms with Gasteiger partial charge in [-0.15, -0.1) is 0 Å². The van der Waals surface area contributed by atoms with Crippen LogP contribution in [0.5, 0.6) is 0 Å². The molecule has 1 aromatic rings. The fourth-order valence-electron chi connectivity index (χ4n) is 3.36. The molecule has 19 heavy (non-hydrogen) atoms. The van der Waals surface area contributed by atoms with E-state index in [1.807, 2.05) is 13.2 Å². The Morgan fingerprint density at radius 1 is 1.37 bits per heavy atom. The van der Waals surface area contributed by atoms with Crippen LogP contribution in [0.4, 0.5) is 0 Å². The summed E-state index contributed by atoms with van der Waals surface area (Å²) in [6.07, 6.45) is 8.36. The van der Waals surface area contributed by atoms with Crippen molar-refractivity contribution in [1.82, 2.24) is 15.1 Å². The van der Waals surface area contributed by atoms with Crippen molar-refractivity contribution in [3.8, 4) is 0 Å². The SMILES string of the molecule is CNCC1CCCCCC1c1c(Cl)cnn1C(C)C. The molecular weight excluding hydrogens is 258 g/mol. The van der Waals surface area contributed by atoms with Crippen LogP contribution in [0.2, 0.25) is 5.02 Å². The first-order chi connectivity index (χ1) is 9.15. The molecule has 2 unspecified atom stereocenters. The van der Waals surface area contributed by atoms with Gasteiger partial charge in [0.05, 0.1) is 16.9 Å². The summed E-state index contributed by atoms with van der Waals surface area (Å²) in [6, 6.07) is 0.376. The predicted octanol–water partition coefficient (Wildman–Crippen LogP) is 4.00. The topological polar surface area (TPSA) is 29.9 Å². The fraction of sp³-hybridized carbons (Fsp3) is 0.800. The lowest BCUT2D eigenvalue weighted by molar-refractivity contribution is 0.357. The van der Waals surface area contributed by atoms with Gasteiger partial charge in [0.2, 0.25) is 0 Å². The number of rotatable bonds is 4. The molecule has 0 aliphatic heterocycles. The molecule has 0 amide bonds. The van der Waals surface area contributed by atoms with Gasteiger partial charge in [0.1, 0.15) is 0 Å². The first-order valence-electron chi connectivity index (χ1n) is 7.52. The first kappa shape index (κ1) is 14.9. The molecule has 2 rings (SSSR count). The molecule has 0 bridgehead atoms. The van der Waals surface area contributed by atoms with E-state index < -0.39 is 0 Å². The second-order valence-corrected chi connectivity index (χ2v) is 6.39. The molecule has 1 fully saturated rings. The fourth-order valence-corrected chi connectivity index (χ4v) is 3.63. The summed E-state index contributed by atoms with van der Waals surface area (Å²) >= 11 is 6.44. The minimum absolute atomic E-state index is 0.376. The smallest absolute Gasteiger partial charge is 0.0820 e. The zero-order valence-electron chi connectivity index (χ0n) is 12.3. The molecule has 1 aliphatic carbocycles. The van der Waals surface area contributed by atoms with E-state index in [9.17, 15) is 0 Å². The Balaban J connectivity index is 2.32. The Labute approximate surface area is 121 Å². The Hall–Kier alpha value is -0.540. The maximum Gasteiger partial charge on any atom is 0.0820 e. The van der Waals surface area contributed by atoms with E-state index in [1.54, 1.807) is 0 Å². The van der Waals surface area contributed by atoms with Crippen molar-refractivity contribution in [1.29, 1.82) is 0 Å². The average molecular weight is 284 g/mol. The highest BCUT2D eigenvalue weighted by Crippen LogP contribution is 2.39. The molecule has 1 N–H and O–H groups in total. The summed E-state index contributed by atoms with van der Waals surface area (Å²) in [5.41, 5.74) is 1.26. The minimum atomic E-state index is 0.376. The van der Waals surface area contributed by atoms with Crippen LogP contribution in [-0.2, 0) is 0 Å². The number of hydrogen-bond donors (Lipinski definition) is 1. The summed E-state index contributed by atoms with van der Waals surface area (Å²) in [6.45, 7) is 5.43. The monoisotopic (exact) mass is 283 g/mol. The molecule has 108 valence electrons. The molecule has 2 atom stereocenters. The van der Waals surface area contributed by atoms with Gasteiger partial charge in [-0.1, -0.05) is 30.9 Å². The number of halogens is 1. The molecule has 1 aliphatic rings. The van der Waals surface area contributed by atoms with Crippen molar-refractivity contribution < 1.29 is 0 Å². The maximum absolute atomic E-state index is 6.44. The zero-order valence-corrected chi connectivity index (χ0v) is 13.1. The predicted molar refractivity (Wildman–Crippen MR) is 80.9 cm³/mol. The number of aromatic nitrogens is 2. The van der Waals surface area contributed by atoms with Gasteiger partial charge in [0.15, 0.2) is 0 Å². The summed E-state index contributed by atoms with van der Waals surface area (Å²) in [4.78, 5) is 0. The quantitative estimate of drug-likeness (QED) is 0.847. The lowest BCUT2D eigenvalue weighted by Crippen LogP contribution is -2.26. The molecule has 1 saturated carbocycles. The van der Waals surface area contributed by atoms with Crippen molar-refractivity contribution in [2.24, 2.45) is 5.92 Å². The van der Waals surface area contributed by atoms with Gasteiger partial charge < -0.3 is 5.32 Å². The van der Waals surface area contributed by atoms with E-state index in [4.69, 9.17) is 11.6 Å². The molecule has 3 nitrogen and oxygen atoms in total. The van der Waals surface area contributed by atoms with Crippen molar-refractivity contribution in [2.75, 3.05) is 13.6 Å². The molecular formula is C15H26ClN3. The highest BCUT2D eigenvalue weighted by Gasteiger charge is 2.29. The maximum atomic E-state index is 6.44. The van der Waals surface area contributed by atoms with Crippen molar-refractivity contribution in [3.05, 3.63) is 16.9 Å². The normalized spacial score (nSPS) is 24.7. The molecule has 4 heteroatoms. The van der Waals surface area contributed by atoms with Crippen LogP contribution in [0.15, 0.2) is 6.20 Å². The summed E-state index contributed by atoms with van der Waals surface area (Å²) in [5.74, 6) is 1.23. The van der Waals surface area contributed by atoms with Crippen molar-refractivity contribution in [3.63, 3.8) is 0 Å². The summed E-state index contributed by atoms with van der Waals surface area (Å²) < 4.78 is 2.13. The van der Waals surface area contributed by atoms with Gasteiger partial charge >= 0.3 is 0 Å². The molecule has 0 aromatic carbocycles. The highest BCUT2D eigenvalue weighted by molar-refractivity contribution is 6.31. The van der Waals surface area contributed by atoms with Crippen LogP contribution in [0.25, 0.3) is 0 Å². The first-order valence-corrected chi connectivity index (χ1v) is 7.90. The Kier molecular flexibility index (Phi) is 5.28. The van der Waals surface area contributed by atoms with E-state index >= 15 is 0 Å². The van der Waals surface area contributed by atoms with Crippen LogP contribution >= 0.6 is 11.6 Å². The van der Waals surface area contributed by atoms with E-state index in [0.29, 0.717) is 17.9 Å². The number of nitrogens with zero attached hydrogens (tertiary/aromatic N) is 2. The number of hydrogen-bond acceptors (Lipinski definition) is 2. The van der Waals surface area contributed by atoms with Crippen molar-refractivity contribution in [2.45, 2.75) is 57.9 Å². The number of nitrogens with one attached hydrogen (secondary N) is 1. The third kappa shape index (κ3) is 3.32. The van der Waals surface area contributed by atoms with Crippen LogP contribution in [0.3, 0.4) is 0 Å². The molecule has 0 radical (unpaired) electrons. The molecule has 1 heterocycles. The Bertz CT molecular complexity index is 400. The third-order valence-corrected chi connectivity index (χ3v) is 4.54. The standard InChI is InChI=1S/C15H26ClN3/c1-11(2)19-15(14(16)10-18-19)13-8-6-4-5-7-12(13)9-17-3/h10-13,17H,4-9H2,1-3H3. The average Bonchev–Trinajstić information content (AvgIpc) is 2.61. The Morgan fingerprint density at radius 2 is 2.11 bits per heavy atom. The largest absolute Gasteiger partial charge is 0.319 e. The Morgan fingerprint density at radius 3 is 2.79 bits per heavy atom. The summed E-state index contributed by atoms with van der Waals surface area (Å²) in [5, 5.41) is 8.68. The van der Waals surface area contributed by atoms with E-state index in [0.717, 1.165) is 11.6 Å². The summed E-state index contributed by atoms with van der Waals surface area (Å²) in [7, 11) is 2.04. The molecule has 1 aromatic heterocycles. The van der Waals surface area contributed by atoms with E-state index in [-0.39, 0.29) is 0 Å². The van der Waals surface area contributed by atoms with Gasteiger partial charge in [-0.25, -0.2) is 0 Å². The lowest BCUT2D eigenvalue weighted by atomic mass is 9.85. The van der Waals surface area contributed by atoms with Crippen LogP contribution in [0, 0.1) is 5.92 Å². The second-order valence-electron chi connectivity index (χ2n) is 5.98. The van der Waals surface area contributed by atoms with Crippen molar-refractivity contribution >= 4 is 11.6 Å². The van der Waals surface area contributed by atoms with Crippen LogP contribution in [-0.4, -0.2) is 23.4 Å². The van der Waals surface area contributed by atoms with E-state index in [1.165, 1.54) is 37.8 Å². The third-order valence-electron chi connectivity index (χ3n) is 4.25. The minimum Gasteiger partial charge on any atom is -0.319 e. The van der Waals surface area contributed by atoms with Crippen LogP contribution in [0.1, 0.15) is 63.6 Å². The van der Waals surface area contributed by atoms with Gasteiger partial charge in [-0.3, -0.25) is 4.68 Å². The van der Waals surface area contributed by atoms with Gasteiger partial charge in [0, 0.05) is 12.0 Å². The zero-order chi connectivity index (χ0) is 13.8. The molecule has 0 saturated heterocycles.